The second-order valence-corrected chi connectivity index (χ2v) is 10.3. The number of carbonyl (C=O) groups is 1. The molecule has 0 atom stereocenters. The molecular weight excluding hydrogens is 440 g/mol. The molecule has 0 bridgehead atoms. The predicted molar refractivity (Wildman–Crippen MR) is 129 cm³/mol. The van der Waals surface area contributed by atoms with E-state index in [0.717, 1.165) is 49.1 Å². The number of hydrogen-bond acceptors (Lipinski definition) is 5. The topological polar surface area (TPSA) is 96.0 Å². The third-order valence-electron chi connectivity index (χ3n) is 6.04. The normalized spacial score (nSPS) is 15.2. The molecule has 2 aromatic carbocycles. The lowest BCUT2D eigenvalue weighted by molar-refractivity contribution is -0.440. The van der Waals surface area contributed by atoms with E-state index in [1.165, 1.54) is 0 Å². The molecule has 0 radical (unpaired) electrons. The lowest BCUT2D eigenvalue weighted by Crippen LogP contribution is -2.30. The highest BCUT2D eigenvalue weighted by molar-refractivity contribution is 7.86. The Balaban J connectivity index is 1.92. The summed E-state index contributed by atoms with van der Waals surface area (Å²) < 4.78 is 31.5. The van der Waals surface area contributed by atoms with Gasteiger partial charge in [0.25, 0.3) is 10.1 Å². The molecule has 2 aromatic rings. The number of aliphatic imine (C=N–C) groups is 1. The van der Waals surface area contributed by atoms with E-state index < -0.39 is 21.5 Å². The highest BCUT2D eigenvalue weighted by Gasteiger charge is 2.45. The van der Waals surface area contributed by atoms with Crippen LogP contribution in [0.5, 0.6) is 0 Å². The highest BCUT2D eigenvalue weighted by Crippen LogP contribution is 2.41. The molecule has 8 heteroatoms. The number of unbranched alkanes of at least 4 members (excludes halogenated alkanes) is 2. The molecule has 0 saturated heterocycles. The Kier molecular flexibility index (Phi) is 7.81. The van der Waals surface area contributed by atoms with Crippen molar-refractivity contribution in [2.45, 2.75) is 56.3 Å². The van der Waals surface area contributed by atoms with Crippen molar-refractivity contribution in [1.29, 1.82) is 0 Å². The molecule has 0 unspecified atom stereocenters. The Labute approximate surface area is 195 Å². The number of aliphatic carboxylic acids is 1. The Hall–Kier alpha value is -2.84. The van der Waals surface area contributed by atoms with Crippen molar-refractivity contribution in [2.24, 2.45) is 4.99 Å². The Morgan fingerprint density at radius 2 is 1.85 bits per heavy atom. The summed E-state index contributed by atoms with van der Waals surface area (Å²) in [7, 11) is -2.64. The number of hydrogen-bond donors (Lipinski definition) is 1. The van der Waals surface area contributed by atoms with E-state index in [1.807, 2.05) is 42.6 Å². The molecule has 33 heavy (non-hydrogen) atoms. The summed E-state index contributed by atoms with van der Waals surface area (Å²) in [6.07, 6.45) is 4.94. The van der Waals surface area contributed by atoms with Gasteiger partial charge in [-0.2, -0.15) is 13.0 Å². The summed E-state index contributed by atoms with van der Waals surface area (Å²) in [5.74, 6) is -0.779. The zero-order valence-electron chi connectivity index (χ0n) is 19.3. The first-order valence-corrected chi connectivity index (χ1v) is 12.5. The minimum atomic E-state index is -3.80. The van der Waals surface area contributed by atoms with Gasteiger partial charge in [-0.3, -0.25) is 14.0 Å². The van der Waals surface area contributed by atoms with Crippen LogP contribution in [0.3, 0.4) is 0 Å². The average Bonchev–Trinajstić information content (AvgIpc) is 3.00. The van der Waals surface area contributed by atoms with E-state index >= 15 is 0 Å². The molecule has 0 fully saturated rings. The Morgan fingerprint density at radius 3 is 2.52 bits per heavy atom. The van der Waals surface area contributed by atoms with E-state index in [2.05, 4.69) is 23.4 Å². The number of rotatable bonds is 11. The fourth-order valence-electron chi connectivity index (χ4n) is 4.24. The first-order chi connectivity index (χ1) is 15.7. The maximum atomic E-state index is 12.3. The maximum Gasteiger partial charge on any atom is 0.303 e. The van der Waals surface area contributed by atoms with E-state index in [4.69, 9.17) is 9.29 Å². The largest absolute Gasteiger partial charge is 0.481 e. The standard InChI is InChI=1S/C25H30N2O5S/c1-25(2)21-18-20(33(30,31)32-3)13-14-22(21)27(17-9-5-8-12-24(28)29)23(25)15-16-26-19-10-6-4-7-11-19/h4,6-7,10-11,13-14,16,18H,5,8-9,12,15,17H2,1-3H3/p+1. The van der Waals surface area contributed by atoms with Crippen molar-refractivity contribution < 1.29 is 27.1 Å². The summed E-state index contributed by atoms with van der Waals surface area (Å²) in [6.45, 7) is 4.90. The number of carboxylic acids is 1. The van der Waals surface area contributed by atoms with Gasteiger partial charge in [0, 0.05) is 30.7 Å². The van der Waals surface area contributed by atoms with Crippen molar-refractivity contribution in [3.05, 3.63) is 54.1 Å². The molecule has 1 aliphatic rings. The molecule has 1 heterocycles. The summed E-state index contributed by atoms with van der Waals surface area (Å²) >= 11 is 0. The van der Waals surface area contributed by atoms with Gasteiger partial charge in [-0.05, 0) is 51.0 Å². The van der Waals surface area contributed by atoms with Crippen molar-refractivity contribution in [1.82, 2.24) is 0 Å². The first kappa shape index (κ1) is 24.8. The van der Waals surface area contributed by atoms with Crippen LogP contribution in [0.4, 0.5) is 11.4 Å². The molecule has 0 aromatic heterocycles. The molecule has 1 aliphatic heterocycles. The third-order valence-corrected chi connectivity index (χ3v) is 7.31. The molecular formula is C25H31N2O5S+. The first-order valence-electron chi connectivity index (χ1n) is 11.0. The van der Waals surface area contributed by atoms with Crippen LogP contribution in [0.2, 0.25) is 0 Å². The smallest absolute Gasteiger partial charge is 0.303 e. The van der Waals surface area contributed by atoms with Crippen LogP contribution >= 0.6 is 0 Å². The third kappa shape index (κ3) is 5.75. The summed E-state index contributed by atoms with van der Waals surface area (Å²) in [6, 6.07) is 14.8. The van der Waals surface area contributed by atoms with Gasteiger partial charge in [-0.25, -0.2) is 0 Å². The van der Waals surface area contributed by atoms with E-state index in [1.54, 1.807) is 12.1 Å². The number of fused-ring (bicyclic) bond motifs is 1. The minimum Gasteiger partial charge on any atom is -0.481 e. The minimum absolute atomic E-state index is 0.137. The number of carboxylic acid groups (broad SMARTS) is 1. The molecule has 3 rings (SSSR count). The van der Waals surface area contributed by atoms with Crippen molar-refractivity contribution in [3.8, 4) is 0 Å². The lowest BCUT2D eigenvalue weighted by Gasteiger charge is -2.17. The number of para-hydroxylation sites is 1. The van der Waals surface area contributed by atoms with Crippen LogP contribution in [0, 0.1) is 0 Å². The SMILES string of the molecule is COS(=O)(=O)c1ccc2c(c1)C(C)(C)C(CC=Nc1ccccc1)=[N+]2CCCCCC(=O)O. The van der Waals surface area contributed by atoms with E-state index in [-0.39, 0.29) is 11.3 Å². The van der Waals surface area contributed by atoms with Crippen molar-refractivity contribution >= 4 is 39.4 Å². The Bertz CT molecular complexity index is 1170. The van der Waals surface area contributed by atoms with Gasteiger partial charge in [0.2, 0.25) is 5.69 Å². The molecule has 0 amide bonds. The summed E-state index contributed by atoms with van der Waals surface area (Å²) in [5.41, 5.74) is 3.49. The monoisotopic (exact) mass is 471 g/mol. The van der Waals surface area contributed by atoms with Crippen molar-refractivity contribution in [3.63, 3.8) is 0 Å². The average molecular weight is 472 g/mol. The van der Waals surface area contributed by atoms with Crippen LogP contribution in [0.25, 0.3) is 0 Å². The fraction of sp³-hybridized carbons (Fsp3) is 0.400. The van der Waals surface area contributed by atoms with Crippen LogP contribution in [-0.2, 0) is 24.5 Å². The van der Waals surface area contributed by atoms with Crippen LogP contribution in [0.1, 0.15) is 51.5 Å². The molecule has 176 valence electrons. The van der Waals surface area contributed by atoms with Crippen LogP contribution in [0.15, 0.2) is 58.4 Å². The summed E-state index contributed by atoms with van der Waals surface area (Å²) in [5, 5.41) is 8.88. The predicted octanol–water partition coefficient (Wildman–Crippen LogP) is 4.84. The van der Waals surface area contributed by atoms with E-state index in [0.29, 0.717) is 12.8 Å². The molecule has 1 N–H and O–H groups in total. The van der Waals surface area contributed by atoms with Gasteiger partial charge < -0.3 is 5.11 Å². The van der Waals surface area contributed by atoms with Gasteiger partial charge in [0.1, 0.15) is 6.54 Å². The van der Waals surface area contributed by atoms with Gasteiger partial charge >= 0.3 is 5.97 Å². The van der Waals surface area contributed by atoms with Crippen LogP contribution in [-0.4, -0.2) is 49.6 Å². The van der Waals surface area contributed by atoms with Crippen molar-refractivity contribution in [2.75, 3.05) is 13.7 Å². The molecule has 0 spiro atoms. The van der Waals surface area contributed by atoms with Gasteiger partial charge in [0.05, 0.1) is 29.5 Å². The zero-order chi connectivity index (χ0) is 24.1. The second kappa shape index (κ2) is 10.4. The molecule has 7 nitrogen and oxygen atoms in total. The number of benzene rings is 2. The second-order valence-electron chi connectivity index (χ2n) is 8.58. The van der Waals surface area contributed by atoms with Gasteiger partial charge in [-0.1, -0.05) is 18.2 Å². The summed E-state index contributed by atoms with van der Waals surface area (Å²) in [4.78, 5) is 15.5. The van der Waals surface area contributed by atoms with E-state index in [9.17, 15) is 13.2 Å². The quantitative estimate of drug-likeness (QED) is 0.219. The maximum absolute atomic E-state index is 12.3. The highest BCUT2D eigenvalue weighted by atomic mass is 32.2. The molecule has 0 aliphatic carbocycles. The fourth-order valence-corrected chi connectivity index (χ4v) is 4.93. The van der Waals surface area contributed by atoms with Gasteiger partial charge in [0.15, 0.2) is 5.71 Å². The zero-order valence-corrected chi connectivity index (χ0v) is 20.1. The lowest BCUT2D eigenvalue weighted by atomic mass is 9.80. The Morgan fingerprint density at radius 1 is 1.12 bits per heavy atom. The molecule has 0 saturated carbocycles. The van der Waals surface area contributed by atoms with Gasteiger partial charge in [-0.15, -0.1) is 0 Å². The number of nitrogens with zero attached hydrogens (tertiary/aromatic N) is 2. The van der Waals surface area contributed by atoms with Crippen LogP contribution < -0.4 is 0 Å².